The average molecular weight is 367 g/mol. The molecule has 138 valence electrons. The van der Waals surface area contributed by atoms with Crippen molar-refractivity contribution in [3.63, 3.8) is 0 Å². The van der Waals surface area contributed by atoms with E-state index in [4.69, 9.17) is 0 Å². The zero-order valence-electron chi connectivity index (χ0n) is 14.5. The number of amides is 1. The van der Waals surface area contributed by atoms with Crippen molar-refractivity contribution in [3.8, 4) is 0 Å². The van der Waals surface area contributed by atoms with E-state index in [1.807, 2.05) is 6.07 Å². The number of rotatable bonds is 5. The van der Waals surface area contributed by atoms with Crippen molar-refractivity contribution in [2.24, 2.45) is 5.92 Å². The SMILES string of the molecule is CS(=O)(=O)N1CCC(C(=O)NCc2nccc(N3CCCC3)n2)CC1. The molecule has 0 radical (unpaired) electrons. The van der Waals surface area contributed by atoms with Gasteiger partial charge in [0.05, 0.1) is 12.8 Å². The summed E-state index contributed by atoms with van der Waals surface area (Å²) in [5.41, 5.74) is 0. The summed E-state index contributed by atoms with van der Waals surface area (Å²) < 4.78 is 24.5. The summed E-state index contributed by atoms with van der Waals surface area (Å²) >= 11 is 0. The van der Waals surface area contributed by atoms with Gasteiger partial charge in [-0.3, -0.25) is 4.79 Å². The fourth-order valence-corrected chi connectivity index (χ4v) is 4.23. The Morgan fingerprint density at radius 2 is 1.92 bits per heavy atom. The number of aromatic nitrogens is 2. The standard InChI is InChI=1S/C16H25N5O3S/c1-25(23,24)21-10-5-13(6-11-21)16(22)18-12-14-17-7-4-15(19-14)20-8-2-3-9-20/h4,7,13H,2-3,5-6,8-12H2,1H3,(H,18,22). The van der Waals surface area contributed by atoms with Gasteiger partial charge in [-0.15, -0.1) is 0 Å². The van der Waals surface area contributed by atoms with Crippen LogP contribution in [-0.2, 0) is 21.4 Å². The lowest BCUT2D eigenvalue weighted by Crippen LogP contribution is -2.42. The smallest absolute Gasteiger partial charge is 0.223 e. The van der Waals surface area contributed by atoms with Crippen LogP contribution in [0.1, 0.15) is 31.5 Å². The lowest BCUT2D eigenvalue weighted by atomic mass is 9.97. The number of anilines is 1. The molecule has 2 aliphatic rings. The molecule has 0 bridgehead atoms. The van der Waals surface area contributed by atoms with Crippen molar-refractivity contribution in [3.05, 3.63) is 18.1 Å². The molecular weight excluding hydrogens is 342 g/mol. The first-order chi connectivity index (χ1) is 11.9. The van der Waals surface area contributed by atoms with Crippen LogP contribution in [-0.4, -0.2) is 61.0 Å². The van der Waals surface area contributed by atoms with E-state index in [2.05, 4.69) is 20.2 Å². The zero-order chi connectivity index (χ0) is 17.9. The van der Waals surface area contributed by atoms with Gasteiger partial charge in [-0.1, -0.05) is 0 Å². The Kier molecular flexibility index (Phi) is 5.53. The highest BCUT2D eigenvalue weighted by Gasteiger charge is 2.28. The Hall–Kier alpha value is -1.74. The summed E-state index contributed by atoms with van der Waals surface area (Å²) in [6, 6.07) is 1.90. The van der Waals surface area contributed by atoms with Crippen molar-refractivity contribution in [2.45, 2.75) is 32.2 Å². The number of carbonyl (C=O) groups is 1. The molecular formula is C16H25N5O3S. The minimum Gasteiger partial charge on any atom is -0.357 e. The lowest BCUT2D eigenvalue weighted by Gasteiger charge is -2.29. The van der Waals surface area contributed by atoms with Gasteiger partial charge in [-0.05, 0) is 31.7 Å². The van der Waals surface area contributed by atoms with Gasteiger partial charge >= 0.3 is 0 Å². The summed E-state index contributed by atoms with van der Waals surface area (Å²) in [7, 11) is -3.17. The number of piperidine rings is 1. The molecule has 0 saturated carbocycles. The second kappa shape index (κ2) is 7.65. The van der Waals surface area contributed by atoms with Gasteiger partial charge in [0.1, 0.15) is 11.6 Å². The first-order valence-electron chi connectivity index (χ1n) is 8.73. The molecule has 0 aromatic carbocycles. The molecule has 0 aliphatic carbocycles. The Labute approximate surface area is 148 Å². The predicted octanol–water partition coefficient (Wildman–Crippen LogP) is 0.365. The summed E-state index contributed by atoms with van der Waals surface area (Å²) in [4.78, 5) is 23.3. The second-order valence-electron chi connectivity index (χ2n) is 6.68. The minimum absolute atomic E-state index is 0.0525. The molecule has 25 heavy (non-hydrogen) atoms. The number of hydrogen-bond acceptors (Lipinski definition) is 6. The Morgan fingerprint density at radius 3 is 2.56 bits per heavy atom. The highest BCUT2D eigenvalue weighted by atomic mass is 32.2. The highest BCUT2D eigenvalue weighted by Crippen LogP contribution is 2.20. The van der Waals surface area contributed by atoms with Crippen LogP contribution < -0.4 is 10.2 Å². The Balaban J connectivity index is 1.50. The van der Waals surface area contributed by atoms with E-state index in [0.29, 0.717) is 38.3 Å². The van der Waals surface area contributed by atoms with Gasteiger partial charge in [0, 0.05) is 38.3 Å². The van der Waals surface area contributed by atoms with Gasteiger partial charge in [-0.2, -0.15) is 0 Å². The fourth-order valence-electron chi connectivity index (χ4n) is 3.36. The molecule has 1 N–H and O–H groups in total. The summed E-state index contributed by atoms with van der Waals surface area (Å²) in [6.45, 7) is 3.13. The first kappa shape index (κ1) is 18.1. The van der Waals surface area contributed by atoms with Crippen LogP contribution in [0.25, 0.3) is 0 Å². The quantitative estimate of drug-likeness (QED) is 0.808. The van der Waals surface area contributed by atoms with Crippen LogP contribution >= 0.6 is 0 Å². The van der Waals surface area contributed by atoms with Crippen LogP contribution in [0, 0.1) is 5.92 Å². The van der Waals surface area contributed by atoms with Crippen LogP contribution in [0.5, 0.6) is 0 Å². The monoisotopic (exact) mass is 367 g/mol. The van der Waals surface area contributed by atoms with E-state index in [-0.39, 0.29) is 11.8 Å². The largest absolute Gasteiger partial charge is 0.357 e. The molecule has 9 heteroatoms. The zero-order valence-corrected chi connectivity index (χ0v) is 15.3. The van der Waals surface area contributed by atoms with Crippen molar-refractivity contribution < 1.29 is 13.2 Å². The van der Waals surface area contributed by atoms with E-state index in [1.54, 1.807) is 6.20 Å². The molecule has 2 fully saturated rings. The number of nitrogens with zero attached hydrogens (tertiary/aromatic N) is 4. The molecule has 0 spiro atoms. The third kappa shape index (κ3) is 4.66. The molecule has 0 atom stereocenters. The third-order valence-electron chi connectivity index (χ3n) is 4.84. The summed E-state index contributed by atoms with van der Waals surface area (Å²) in [5.74, 6) is 1.31. The maximum atomic E-state index is 12.3. The Morgan fingerprint density at radius 1 is 1.24 bits per heavy atom. The third-order valence-corrected chi connectivity index (χ3v) is 6.14. The normalized spacial score (nSPS) is 20.0. The minimum atomic E-state index is -3.17. The maximum Gasteiger partial charge on any atom is 0.223 e. The highest BCUT2D eigenvalue weighted by molar-refractivity contribution is 7.88. The fraction of sp³-hybridized carbons (Fsp3) is 0.688. The van der Waals surface area contributed by atoms with E-state index >= 15 is 0 Å². The van der Waals surface area contributed by atoms with Crippen molar-refractivity contribution in [1.82, 2.24) is 19.6 Å². The number of sulfonamides is 1. The Bertz CT molecular complexity index is 710. The van der Waals surface area contributed by atoms with E-state index in [1.165, 1.54) is 23.4 Å². The predicted molar refractivity (Wildman–Crippen MR) is 94.5 cm³/mol. The maximum absolute atomic E-state index is 12.3. The van der Waals surface area contributed by atoms with E-state index in [9.17, 15) is 13.2 Å². The molecule has 0 unspecified atom stereocenters. The molecule has 3 rings (SSSR count). The lowest BCUT2D eigenvalue weighted by molar-refractivity contribution is -0.126. The molecule has 1 amide bonds. The van der Waals surface area contributed by atoms with Crippen molar-refractivity contribution in [2.75, 3.05) is 37.3 Å². The molecule has 3 heterocycles. The molecule has 1 aromatic rings. The van der Waals surface area contributed by atoms with Crippen LogP contribution in [0.15, 0.2) is 12.3 Å². The number of carbonyl (C=O) groups excluding carboxylic acids is 1. The molecule has 2 saturated heterocycles. The van der Waals surface area contributed by atoms with Crippen LogP contribution in [0.2, 0.25) is 0 Å². The van der Waals surface area contributed by atoms with E-state index < -0.39 is 10.0 Å². The topological polar surface area (TPSA) is 95.5 Å². The van der Waals surface area contributed by atoms with E-state index in [0.717, 1.165) is 18.9 Å². The van der Waals surface area contributed by atoms with Gasteiger partial charge < -0.3 is 10.2 Å². The number of nitrogens with one attached hydrogen (secondary N) is 1. The summed E-state index contributed by atoms with van der Waals surface area (Å²) in [6.07, 6.45) is 6.40. The summed E-state index contributed by atoms with van der Waals surface area (Å²) in [5, 5.41) is 2.89. The average Bonchev–Trinajstić information content (AvgIpc) is 3.14. The molecule has 2 aliphatic heterocycles. The van der Waals surface area contributed by atoms with Gasteiger partial charge in [0.25, 0.3) is 0 Å². The second-order valence-corrected chi connectivity index (χ2v) is 8.66. The number of hydrogen-bond donors (Lipinski definition) is 1. The van der Waals surface area contributed by atoms with Gasteiger partial charge in [0.15, 0.2) is 0 Å². The van der Waals surface area contributed by atoms with Gasteiger partial charge in [0.2, 0.25) is 15.9 Å². The van der Waals surface area contributed by atoms with Gasteiger partial charge in [-0.25, -0.2) is 22.7 Å². The molecule has 1 aromatic heterocycles. The van der Waals surface area contributed by atoms with Crippen molar-refractivity contribution >= 4 is 21.7 Å². The molecule has 8 nitrogen and oxygen atoms in total. The van der Waals surface area contributed by atoms with Crippen LogP contribution in [0.3, 0.4) is 0 Å². The van der Waals surface area contributed by atoms with Crippen molar-refractivity contribution in [1.29, 1.82) is 0 Å². The van der Waals surface area contributed by atoms with Crippen LogP contribution in [0.4, 0.5) is 5.82 Å². The first-order valence-corrected chi connectivity index (χ1v) is 10.6.